The van der Waals surface area contributed by atoms with Crippen LogP contribution in [0, 0.1) is 11.8 Å². The number of aliphatic hydroxyl groups excluding tert-OH is 1. The molecule has 1 saturated heterocycles. The molecule has 1 fully saturated rings. The number of aliphatic hydroxyl groups is 1. The Labute approximate surface area is 139 Å². The van der Waals surface area contributed by atoms with Crippen molar-refractivity contribution in [2.45, 2.75) is 26.7 Å². The number of ether oxygens (including phenoxy) is 1. The third-order valence-electron chi connectivity index (χ3n) is 4.21. The van der Waals surface area contributed by atoms with E-state index in [0.29, 0.717) is 18.4 Å². The number of anilines is 2. The van der Waals surface area contributed by atoms with Crippen molar-refractivity contribution in [3.63, 3.8) is 0 Å². The summed E-state index contributed by atoms with van der Waals surface area (Å²) in [6.07, 6.45) is 3.84. The van der Waals surface area contributed by atoms with Gasteiger partial charge in [0.15, 0.2) is 0 Å². The fourth-order valence-electron chi connectivity index (χ4n) is 3.05. The Hall–Kier alpha value is -1.40. The highest BCUT2D eigenvalue weighted by molar-refractivity contribution is 5.50. The van der Waals surface area contributed by atoms with Gasteiger partial charge >= 0.3 is 0 Å². The lowest BCUT2D eigenvalue weighted by Crippen LogP contribution is -2.37. The van der Waals surface area contributed by atoms with Crippen LogP contribution in [0.5, 0.6) is 0 Å². The Bertz CT molecular complexity index is 470. The molecule has 0 bridgehead atoms. The minimum Gasteiger partial charge on any atom is -0.396 e. The topological polar surface area (TPSA) is 61.7 Å². The molecule has 1 N–H and O–H groups in total. The molecule has 1 unspecified atom stereocenters. The fourth-order valence-corrected chi connectivity index (χ4v) is 3.05. The van der Waals surface area contributed by atoms with E-state index in [2.05, 4.69) is 39.7 Å². The zero-order valence-electron chi connectivity index (χ0n) is 14.6. The van der Waals surface area contributed by atoms with Crippen LogP contribution < -0.4 is 9.80 Å². The van der Waals surface area contributed by atoms with Gasteiger partial charge in [0.1, 0.15) is 18.0 Å². The Balaban J connectivity index is 2.12. The lowest BCUT2D eigenvalue weighted by atomic mass is 9.99. The van der Waals surface area contributed by atoms with Gasteiger partial charge in [-0.1, -0.05) is 13.8 Å². The first kappa shape index (κ1) is 17.9. The largest absolute Gasteiger partial charge is 0.396 e. The van der Waals surface area contributed by atoms with E-state index in [-0.39, 0.29) is 6.61 Å². The van der Waals surface area contributed by atoms with Crippen molar-refractivity contribution in [1.82, 2.24) is 9.97 Å². The van der Waals surface area contributed by atoms with E-state index in [9.17, 15) is 5.11 Å². The maximum atomic E-state index is 9.41. The lowest BCUT2D eigenvalue weighted by Gasteiger charge is -2.33. The second-order valence-electron chi connectivity index (χ2n) is 6.70. The number of hydrogen-bond donors (Lipinski definition) is 1. The van der Waals surface area contributed by atoms with Gasteiger partial charge in [0.25, 0.3) is 0 Å². The van der Waals surface area contributed by atoms with Crippen molar-refractivity contribution in [2.24, 2.45) is 11.8 Å². The highest BCUT2D eigenvalue weighted by Gasteiger charge is 2.21. The molecule has 2 heterocycles. The molecule has 1 aliphatic rings. The molecule has 6 heteroatoms. The van der Waals surface area contributed by atoms with Gasteiger partial charge in [0, 0.05) is 46.0 Å². The van der Waals surface area contributed by atoms with Gasteiger partial charge in [-0.25, -0.2) is 9.97 Å². The molecular formula is C17H30N4O2. The molecule has 1 atom stereocenters. The standard InChI is InChI=1S/C17H30N4O2/c1-14(2)10-21(7-8-23-3)17-9-16(18-13-19-17)20-6-4-5-15(11-20)12-22/h9,13-15,22H,4-8,10-12H2,1-3H3. The van der Waals surface area contributed by atoms with Gasteiger partial charge in [0.2, 0.25) is 0 Å². The summed E-state index contributed by atoms with van der Waals surface area (Å²) in [7, 11) is 1.72. The summed E-state index contributed by atoms with van der Waals surface area (Å²) >= 11 is 0. The molecule has 23 heavy (non-hydrogen) atoms. The first-order chi connectivity index (χ1) is 11.1. The van der Waals surface area contributed by atoms with Crippen molar-refractivity contribution < 1.29 is 9.84 Å². The quantitative estimate of drug-likeness (QED) is 0.787. The number of methoxy groups -OCH3 is 1. The van der Waals surface area contributed by atoms with Crippen LogP contribution in [0.3, 0.4) is 0 Å². The van der Waals surface area contributed by atoms with Crippen molar-refractivity contribution in [3.8, 4) is 0 Å². The summed E-state index contributed by atoms with van der Waals surface area (Å²) in [4.78, 5) is 13.4. The van der Waals surface area contributed by atoms with E-state index in [1.165, 1.54) is 0 Å². The van der Waals surface area contributed by atoms with Crippen LogP contribution in [0.1, 0.15) is 26.7 Å². The van der Waals surface area contributed by atoms with Gasteiger partial charge in [-0.3, -0.25) is 0 Å². The molecule has 0 saturated carbocycles. The molecule has 0 amide bonds. The summed E-state index contributed by atoms with van der Waals surface area (Å²) in [6.45, 7) is 8.98. The van der Waals surface area contributed by atoms with E-state index in [0.717, 1.165) is 50.7 Å². The van der Waals surface area contributed by atoms with E-state index in [1.54, 1.807) is 13.4 Å². The van der Waals surface area contributed by atoms with Crippen molar-refractivity contribution in [3.05, 3.63) is 12.4 Å². The molecule has 130 valence electrons. The van der Waals surface area contributed by atoms with Crippen LogP contribution in [-0.2, 0) is 4.74 Å². The monoisotopic (exact) mass is 322 g/mol. The molecule has 0 spiro atoms. The Morgan fingerprint density at radius 3 is 2.96 bits per heavy atom. The van der Waals surface area contributed by atoms with Crippen LogP contribution in [-0.4, -0.2) is 61.6 Å². The zero-order valence-corrected chi connectivity index (χ0v) is 14.6. The molecule has 2 rings (SSSR count). The van der Waals surface area contributed by atoms with E-state index >= 15 is 0 Å². The molecule has 1 aliphatic heterocycles. The Kier molecular flexibility index (Phi) is 7.05. The Morgan fingerprint density at radius 1 is 1.43 bits per heavy atom. The van der Waals surface area contributed by atoms with Gasteiger partial charge in [0.05, 0.1) is 6.61 Å². The summed E-state index contributed by atoms with van der Waals surface area (Å²) in [5, 5.41) is 9.41. The molecule has 6 nitrogen and oxygen atoms in total. The summed E-state index contributed by atoms with van der Waals surface area (Å²) in [5.41, 5.74) is 0. The normalized spacial score (nSPS) is 18.5. The van der Waals surface area contributed by atoms with Crippen molar-refractivity contribution >= 4 is 11.6 Å². The second kappa shape index (κ2) is 9.03. The van der Waals surface area contributed by atoms with Crippen molar-refractivity contribution in [1.29, 1.82) is 0 Å². The zero-order chi connectivity index (χ0) is 16.7. The van der Waals surface area contributed by atoms with E-state index in [4.69, 9.17) is 4.74 Å². The average molecular weight is 322 g/mol. The average Bonchev–Trinajstić information content (AvgIpc) is 2.58. The maximum Gasteiger partial charge on any atom is 0.134 e. The molecule has 0 aliphatic carbocycles. The smallest absolute Gasteiger partial charge is 0.134 e. The summed E-state index contributed by atoms with van der Waals surface area (Å²) in [6, 6.07) is 2.07. The van der Waals surface area contributed by atoms with Gasteiger partial charge < -0.3 is 19.6 Å². The van der Waals surface area contributed by atoms with E-state index < -0.39 is 0 Å². The van der Waals surface area contributed by atoms with Crippen LogP contribution >= 0.6 is 0 Å². The number of piperidine rings is 1. The lowest BCUT2D eigenvalue weighted by molar-refractivity contribution is 0.204. The molecule has 0 radical (unpaired) electrons. The maximum absolute atomic E-state index is 9.41. The SMILES string of the molecule is COCCN(CC(C)C)c1cc(N2CCCC(CO)C2)ncn1. The predicted molar refractivity (Wildman–Crippen MR) is 93.0 cm³/mol. The van der Waals surface area contributed by atoms with Crippen LogP contribution in [0.25, 0.3) is 0 Å². The minimum atomic E-state index is 0.252. The second-order valence-corrected chi connectivity index (χ2v) is 6.70. The number of aromatic nitrogens is 2. The van der Waals surface area contributed by atoms with Gasteiger partial charge in [-0.05, 0) is 24.7 Å². The molecule has 1 aromatic rings. The fraction of sp³-hybridized carbons (Fsp3) is 0.765. The van der Waals surface area contributed by atoms with Crippen LogP contribution in [0.4, 0.5) is 11.6 Å². The Morgan fingerprint density at radius 2 is 2.26 bits per heavy atom. The molecule has 0 aromatic carbocycles. The first-order valence-electron chi connectivity index (χ1n) is 8.55. The first-order valence-corrected chi connectivity index (χ1v) is 8.55. The predicted octanol–water partition coefficient (Wildman–Crippen LogP) is 1.79. The van der Waals surface area contributed by atoms with Gasteiger partial charge in [-0.15, -0.1) is 0 Å². The van der Waals surface area contributed by atoms with Crippen LogP contribution in [0.2, 0.25) is 0 Å². The molecule has 1 aromatic heterocycles. The third kappa shape index (κ3) is 5.32. The van der Waals surface area contributed by atoms with Crippen molar-refractivity contribution in [2.75, 3.05) is 56.3 Å². The van der Waals surface area contributed by atoms with Gasteiger partial charge in [-0.2, -0.15) is 0 Å². The van der Waals surface area contributed by atoms with E-state index in [1.807, 2.05) is 0 Å². The number of nitrogens with zero attached hydrogens (tertiary/aromatic N) is 4. The number of hydrogen-bond acceptors (Lipinski definition) is 6. The minimum absolute atomic E-state index is 0.252. The molecular weight excluding hydrogens is 292 g/mol. The van der Waals surface area contributed by atoms with Crippen LogP contribution in [0.15, 0.2) is 12.4 Å². The highest BCUT2D eigenvalue weighted by atomic mass is 16.5. The third-order valence-corrected chi connectivity index (χ3v) is 4.21. The number of rotatable bonds is 8. The highest BCUT2D eigenvalue weighted by Crippen LogP contribution is 2.24. The summed E-state index contributed by atoms with van der Waals surface area (Å²) < 4.78 is 5.23. The summed E-state index contributed by atoms with van der Waals surface area (Å²) in [5.74, 6) is 2.81.